The van der Waals surface area contributed by atoms with E-state index in [1.807, 2.05) is 0 Å². The molecule has 2 unspecified atom stereocenters. The second kappa shape index (κ2) is 6.25. The Morgan fingerprint density at radius 3 is 2.42 bits per heavy atom. The highest BCUT2D eigenvalue weighted by atomic mass is 16.2. The van der Waals surface area contributed by atoms with Crippen LogP contribution in [0.2, 0.25) is 0 Å². The Labute approximate surface area is 118 Å². The molecule has 0 aromatic carbocycles. The number of carbonyl (C=O) groups is 1. The SMILES string of the molecule is CCC1(CC)CCN(C(=O)C2NCCCC2C)CC1. The lowest BCUT2D eigenvalue weighted by Gasteiger charge is -2.43. The molecule has 0 radical (unpaired) electrons. The highest BCUT2D eigenvalue weighted by molar-refractivity contribution is 5.82. The molecule has 0 aromatic heterocycles. The van der Waals surface area contributed by atoms with E-state index in [0.29, 0.717) is 17.2 Å². The number of carbonyl (C=O) groups excluding carboxylic acids is 1. The molecule has 0 aromatic rings. The topological polar surface area (TPSA) is 32.3 Å². The van der Waals surface area contributed by atoms with Crippen molar-refractivity contribution in [2.75, 3.05) is 19.6 Å². The van der Waals surface area contributed by atoms with Crippen molar-refractivity contribution in [3.05, 3.63) is 0 Å². The molecule has 0 aliphatic carbocycles. The van der Waals surface area contributed by atoms with Crippen LogP contribution in [-0.4, -0.2) is 36.5 Å². The predicted octanol–water partition coefficient (Wildman–Crippen LogP) is 2.80. The number of likely N-dealkylation sites (tertiary alicyclic amines) is 1. The van der Waals surface area contributed by atoms with E-state index in [0.717, 1.165) is 19.6 Å². The van der Waals surface area contributed by atoms with E-state index in [1.54, 1.807) is 0 Å². The zero-order chi connectivity index (χ0) is 13.9. The molecular formula is C16H30N2O. The largest absolute Gasteiger partial charge is 0.341 e. The second-order valence-electron chi connectivity index (χ2n) is 6.58. The Hall–Kier alpha value is -0.570. The van der Waals surface area contributed by atoms with E-state index in [1.165, 1.54) is 38.5 Å². The maximum Gasteiger partial charge on any atom is 0.239 e. The predicted molar refractivity (Wildman–Crippen MR) is 79.0 cm³/mol. The van der Waals surface area contributed by atoms with Gasteiger partial charge >= 0.3 is 0 Å². The van der Waals surface area contributed by atoms with Crippen molar-refractivity contribution < 1.29 is 4.79 Å². The molecule has 2 saturated heterocycles. The first-order valence-electron chi connectivity index (χ1n) is 8.14. The summed E-state index contributed by atoms with van der Waals surface area (Å²) in [5.74, 6) is 0.846. The van der Waals surface area contributed by atoms with Gasteiger partial charge in [-0.25, -0.2) is 0 Å². The average molecular weight is 266 g/mol. The van der Waals surface area contributed by atoms with Crippen LogP contribution in [0.15, 0.2) is 0 Å². The number of nitrogens with one attached hydrogen (secondary N) is 1. The summed E-state index contributed by atoms with van der Waals surface area (Å²) in [5, 5.41) is 3.42. The average Bonchev–Trinajstić information content (AvgIpc) is 2.47. The molecule has 2 rings (SSSR count). The molecule has 0 saturated carbocycles. The third kappa shape index (κ3) is 3.13. The number of amides is 1. The van der Waals surface area contributed by atoms with Gasteiger partial charge < -0.3 is 10.2 Å². The molecular weight excluding hydrogens is 236 g/mol. The lowest BCUT2D eigenvalue weighted by molar-refractivity contribution is -0.137. The van der Waals surface area contributed by atoms with Gasteiger partial charge in [0.15, 0.2) is 0 Å². The molecule has 3 heteroatoms. The zero-order valence-electron chi connectivity index (χ0n) is 12.9. The maximum absolute atomic E-state index is 12.6. The maximum atomic E-state index is 12.6. The molecule has 110 valence electrons. The van der Waals surface area contributed by atoms with Gasteiger partial charge in [-0.3, -0.25) is 4.79 Å². The van der Waals surface area contributed by atoms with Crippen molar-refractivity contribution in [3.8, 4) is 0 Å². The van der Waals surface area contributed by atoms with Crippen molar-refractivity contribution in [1.82, 2.24) is 10.2 Å². The van der Waals surface area contributed by atoms with Crippen molar-refractivity contribution in [2.45, 2.75) is 65.3 Å². The van der Waals surface area contributed by atoms with Crippen molar-refractivity contribution in [1.29, 1.82) is 0 Å². The fourth-order valence-corrected chi connectivity index (χ4v) is 3.74. The quantitative estimate of drug-likeness (QED) is 0.852. The van der Waals surface area contributed by atoms with Gasteiger partial charge in [0, 0.05) is 13.1 Å². The number of nitrogens with zero attached hydrogens (tertiary/aromatic N) is 1. The van der Waals surface area contributed by atoms with Crippen LogP contribution in [0.1, 0.15) is 59.3 Å². The second-order valence-corrected chi connectivity index (χ2v) is 6.58. The monoisotopic (exact) mass is 266 g/mol. The first-order chi connectivity index (χ1) is 9.12. The number of rotatable bonds is 3. The minimum absolute atomic E-state index is 0.0736. The van der Waals surface area contributed by atoms with Crippen molar-refractivity contribution >= 4 is 5.91 Å². The van der Waals surface area contributed by atoms with E-state index in [4.69, 9.17) is 0 Å². The Kier molecular flexibility index (Phi) is 4.88. The molecule has 2 aliphatic heterocycles. The first-order valence-corrected chi connectivity index (χ1v) is 8.14. The van der Waals surface area contributed by atoms with Crippen LogP contribution in [0, 0.1) is 11.3 Å². The van der Waals surface area contributed by atoms with E-state index in [9.17, 15) is 4.79 Å². The fourth-order valence-electron chi connectivity index (χ4n) is 3.74. The van der Waals surface area contributed by atoms with E-state index in [-0.39, 0.29) is 6.04 Å². The third-order valence-electron chi connectivity index (χ3n) is 5.67. The van der Waals surface area contributed by atoms with Crippen molar-refractivity contribution in [3.63, 3.8) is 0 Å². The van der Waals surface area contributed by atoms with Crippen LogP contribution in [-0.2, 0) is 4.79 Å². The Balaban J connectivity index is 1.92. The molecule has 2 aliphatic rings. The molecule has 2 fully saturated rings. The lowest BCUT2D eigenvalue weighted by Crippen LogP contribution is -2.54. The van der Waals surface area contributed by atoms with Crippen LogP contribution < -0.4 is 5.32 Å². The van der Waals surface area contributed by atoms with Crippen LogP contribution >= 0.6 is 0 Å². The standard InChI is InChI=1S/C16H30N2O/c1-4-16(5-2)8-11-18(12-9-16)15(19)14-13(3)7-6-10-17-14/h13-14,17H,4-12H2,1-3H3. The molecule has 1 N–H and O–H groups in total. The number of hydrogen-bond acceptors (Lipinski definition) is 2. The fraction of sp³-hybridized carbons (Fsp3) is 0.938. The van der Waals surface area contributed by atoms with E-state index in [2.05, 4.69) is 31.0 Å². The normalized spacial score (nSPS) is 31.2. The van der Waals surface area contributed by atoms with E-state index < -0.39 is 0 Å². The molecule has 2 heterocycles. The smallest absolute Gasteiger partial charge is 0.239 e. The summed E-state index contributed by atoms with van der Waals surface area (Å²) < 4.78 is 0. The molecule has 19 heavy (non-hydrogen) atoms. The van der Waals surface area contributed by atoms with Gasteiger partial charge in [0.05, 0.1) is 6.04 Å². The van der Waals surface area contributed by atoms with E-state index >= 15 is 0 Å². The third-order valence-corrected chi connectivity index (χ3v) is 5.67. The van der Waals surface area contributed by atoms with Gasteiger partial charge in [-0.1, -0.05) is 33.6 Å². The summed E-state index contributed by atoms with van der Waals surface area (Å²) in [4.78, 5) is 14.7. The molecule has 2 atom stereocenters. The van der Waals surface area contributed by atoms with Crippen LogP contribution in [0.5, 0.6) is 0 Å². The Bertz CT molecular complexity index is 302. The van der Waals surface area contributed by atoms with Crippen LogP contribution in [0.25, 0.3) is 0 Å². The molecule has 0 spiro atoms. The first kappa shape index (κ1) is 14.8. The minimum atomic E-state index is 0.0736. The van der Waals surface area contributed by atoms with Crippen molar-refractivity contribution in [2.24, 2.45) is 11.3 Å². The summed E-state index contributed by atoms with van der Waals surface area (Å²) in [6.07, 6.45) is 7.28. The highest BCUT2D eigenvalue weighted by Gasteiger charge is 2.36. The minimum Gasteiger partial charge on any atom is -0.341 e. The van der Waals surface area contributed by atoms with Crippen LogP contribution in [0.3, 0.4) is 0 Å². The molecule has 3 nitrogen and oxygen atoms in total. The molecule has 1 amide bonds. The lowest BCUT2D eigenvalue weighted by atomic mass is 9.74. The summed E-state index contributed by atoms with van der Waals surface area (Å²) >= 11 is 0. The van der Waals surface area contributed by atoms with Gasteiger partial charge in [-0.2, -0.15) is 0 Å². The summed E-state index contributed by atoms with van der Waals surface area (Å²) in [5.41, 5.74) is 0.502. The number of piperidine rings is 2. The van der Waals surface area contributed by atoms with Gasteiger partial charge in [-0.15, -0.1) is 0 Å². The zero-order valence-corrected chi connectivity index (χ0v) is 12.9. The van der Waals surface area contributed by atoms with Gasteiger partial charge in [0.1, 0.15) is 0 Å². The summed E-state index contributed by atoms with van der Waals surface area (Å²) in [6, 6.07) is 0.0736. The number of hydrogen-bond donors (Lipinski definition) is 1. The highest BCUT2D eigenvalue weighted by Crippen LogP contribution is 2.38. The van der Waals surface area contributed by atoms with Gasteiger partial charge in [-0.05, 0) is 43.6 Å². The Morgan fingerprint density at radius 1 is 1.26 bits per heavy atom. The molecule has 0 bridgehead atoms. The van der Waals surface area contributed by atoms with Crippen LogP contribution in [0.4, 0.5) is 0 Å². The van der Waals surface area contributed by atoms with Gasteiger partial charge in [0.25, 0.3) is 0 Å². The van der Waals surface area contributed by atoms with Gasteiger partial charge in [0.2, 0.25) is 5.91 Å². The Morgan fingerprint density at radius 2 is 1.89 bits per heavy atom. The summed E-state index contributed by atoms with van der Waals surface area (Å²) in [7, 11) is 0. The summed E-state index contributed by atoms with van der Waals surface area (Å²) in [6.45, 7) is 9.73.